The molecule has 2 aromatic carbocycles. The minimum atomic E-state index is 0.122. The van der Waals surface area contributed by atoms with Crippen LogP contribution in [0.5, 0.6) is 11.5 Å². The van der Waals surface area contributed by atoms with Gasteiger partial charge < -0.3 is 19.2 Å². The number of rotatable bonds is 5. The molecule has 27 heavy (non-hydrogen) atoms. The van der Waals surface area contributed by atoms with E-state index >= 15 is 0 Å². The molecule has 0 atom stereocenters. The highest BCUT2D eigenvalue weighted by molar-refractivity contribution is 5.53. The summed E-state index contributed by atoms with van der Waals surface area (Å²) in [5.41, 5.74) is 3.43. The first-order chi connectivity index (χ1) is 13.0. The van der Waals surface area contributed by atoms with Crippen LogP contribution in [0.25, 0.3) is 11.5 Å². The molecule has 0 aliphatic carbocycles. The molecule has 0 spiro atoms. The van der Waals surface area contributed by atoms with Gasteiger partial charge in [0.25, 0.3) is 0 Å². The van der Waals surface area contributed by atoms with Crippen LogP contribution in [0.1, 0.15) is 37.8 Å². The maximum absolute atomic E-state index is 5.78. The zero-order chi connectivity index (χ0) is 18.9. The van der Waals surface area contributed by atoms with Crippen molar-refractivity contribution in [3.63, 3.8) is 0 Å². The van der Waals surface area contributed by atoms with E-state index in [2.05, 4.69) is 48.4 Å². The Morgan fingerprint density at radius 2 is 1.70 bits per heavy atom. The second kappa shape index (κ2) is 7.04. The molecule has 0 radical (unpaired) electrons. The van der Waals surface area contributed by atoms with Crippen molar-refractivity contribution in [2.24, 2.45) is 0 Å². The topological polar surface area (TPSA) is 69.4 Å². The lowest BCUT2D eigenvalue weighted by atomic mass is 9.87. The fourth-order valence-corrected chi connectivity index (χ4v) is 2.92. The van der Waals surface area contributed by atoms with Gasteiger partial charge >= 0.3 is 0 Å². The maximum atomic E-state index is 5.78. The summed E-state index contributed by atoms with van der Waals surface area (Å²) < 4.78 is 16.5. The molecule has 6 heteroatoms. The molecule has 140 valence electrons. The molecule has 1 N–H and O–H groups in total. The summed E-state index contributed by atoms with van der Waals surface area (Å²) in [6.45, 7) is 8.04. The summed E-state index contributed by atoms with van der Waals surface area (Å²) in [6, 6.07) is 14.2. The van der Waals surface area contributed by atoms with E-state index in [1.54, 1.807) is 0 Å². The highest BCUT2D eigenvalue weighted by Gasteiger charge is 2.15. The molecule has 0 bridgehead atoms. The smallest absolute Gasteiger partial charge is 0.247 e. The fraction of sp³-hybridized carbons (Fsp3) is 0.333. The zero-order valence-corrected chi connectivity index (χ0v) is 15.8. The van der Waals surface area contributed by atoms with Gasteiger partial charge in [-0.15, -0.1) is 10.2 Å². The minimum absolute atomic E-state index is 0.122. The van der Waals surface area contributed by atoms with Gasteiger partial charge in [0, 0.05) is 12.1 Å². The number of nitrogens with zero attached hydrogens (tertiary/aromatic N) is 2. The van der Waals surface area contributed by atoms with Gasteiger partial charge in [-0.1, -0.05) is 39.0 Å². The summed E-state index contributed by atoms with van der Waals surface area (Å²) in [6.07, 6.45) is 0. The Bertz CT molecular complexity index is 927. The minimum Gasteiger partial charge on any atom is -0.454 e. The summed E-state index contributed by atoms with van der Waals surface area (Å²) in [4.78, 5) is 0. The van der Waals surface area contributed by atoms with Crippen molar-refractivity contribution in [2.75, 3.05) is 6.79 Å². The van der Waals surface area contributed by atoms with Crippen molar-refractivity contribution in [3.05, 3.63) is 59.5 Å². The molecule has 0 saturated heterocycles. The molecule has 0 unspecified atom stereocenters. The molecule has 4 rings (SSSR count). The van der Waals surface area contributed by atoms with Gasteiger partial charge in [-0.25, -0.2) is 0 Å². The summed E-state index contributed by atoms with van der Waals surface area (Å²) in [5.74, 6) is 2.67. The van der Waals surface area contributed by atoms with Gasteiger partial charge in [0.2, 0.25) is 18.6 Å². The fourth-order valence-electron chi connectivity index (χ4n) is 2.92. The van der Waals surface area contributed by atoms with E-state index in [-0.39, 0.29) is 12.2 Å². The third-order valence-corrected chi connectivity index (χ3v) is 4.51. The Labute approximate surface area is 158 Å². The Hall–Kier alpha value is -2.86. The molecule has 3 aromatic rings. The van der Waals surface area contributed by atoms with Gasteiger partial charge in [0.05, 0.1) is 6.54 Å². The van der Waals surface area contributed by atoms with Crippen LogP contribution in [0.3, 0.4) is 0 Å². The van der Waals surface area contributed by atoms with Crippen LogP contribution in [0.2, 0.25) is 0 Å². The summed E-state index contributed by atoms with van der Waals surface area (Å²) >= 11 is 0. The summed E-state index contributed by atoms with van der Waals surface area (Å²) in [5, 5.41) is 11.6. The van der Waals surface area contributed by atoms with Crippen LogP contribution in [0.15, 0.2) is 46.9 Å². The normalized spacial score (nSPS) is 13.1. The zero-order valence-electron chi connectivity index (χ0n) is 15.8. The van der Waals surface area contributed by atoms with Crippen LogP contribution in [-0.2, 0) is 18.5 Å². The molecular formula is C21H23N3O3. The van der Waals surface area contributed by atoms with Crippen molar-refractivity contribution in [1.82, 2.24) is 15.5 Å². The van der Waals surface area contributed by atoms with E-state index in [0.717, 1.165) is 22.6 Å². The molecule has 2 heterocycles. The first kappa shape index (κ1) is 17.5. The largest absolute Gasteiger partial charge is 0.454 e. The van der Waals surface area contributed by atoms with Gasteiger partial charge in [0.1, 0.15) is 0 Å². The monoisotopic (exact) mass is 365 g/mol. The first-order valence-corrected chi connectivity index (χ1v) is 9.01. The molecule has 6 nitrogen and oxygen atoms in total. The first-order valence-electron chi connectivity index (χ1n) is 9.01. The number of hydrogen-bond acceptors (Lipinski definition) is 6. The number of aromatic nitrogens is 2. The SMILES string of the molecule is CC(C)(C)c1ccc(-c2nnc(CNCc3ccc4c(c3)OCO4)o2)cc1. The Balaban J connectivity index is 1.35. The lowest BCUT2D eigenvalue weighted by Crippen LogP contribution is -2.12. The lowest BCUT2D eigenvalue weighted by molar-refractivity contribution is 0.174. The van der Waals surface area contributed by atoms with E-state index in [9.17, 15) is 0 Å². The van der Waals surface area contributed by atoms with Crippen molar-refractivity contribution < 1.29 is 13.9 Å². The molecule has 1 aliphatic rings. The van der Waals surface area contributed by atoms with E-state index in [1.165, 1.54) is 5.56 Å². The maximum Gasteiger partial charge on any atom is 0.247 e. The van der Waals surface area contributed by atoms with Crippen LogP contribution >= 0.6 is 0 Å². The van der Waals surface area contributed by atoms with Crippen LogP contribution in [0, 0.1) is 0 Å². The third kappa shape index (κ3) is 3.95. The number of nitrogens with one attached hydrogen (secondary N) is 1. The van der Waals surface area contributed by atoms with Crippen LogP contribution in [0.4, 0.5) is 0 Å². The quantitative estimate of drug-likeness (QED) is 0.735. The van der Waals surface area contributed by atoms with Crippen molar-refractivity contribution in [3.8, 4) is 23.0 Å². The van der Waals surface area contributed by atoms with Crippen molar-refractivity contribution >= 4 is 0 Å². The van der Waals surface area contributed by atoms with Crippen LogP contribution < -0.4 is 14.8 Å². The molecule has 0 saturated carbocycles. The Kier molecular flexibility index (Phi) is 4.58. The Morgan fingerprint density at radius 1 is 0.926 bits per heavy atom. The van der Waals surface area contributed by atoms with Gasteiger partial charge in [-0.05, 0) is 40.8 Å². The van der Waals surface area contributed by atoms with E-state index in [0.29, 0.717) is 24.9 Å². The standard InChI is InChI=1S/C21H23N3O3/c1-21(2,3)16-7-5-15(6-8-16)20-24-23-19(27-20)12-22-11-14-4-9-17-18(10-14)26-13-25-17/h4-10,22H,11-13H2,1-3H3. The van der Waals surface area contributed by atoms with Gasteiger partial charge in [-0.3, -0.25) is 0 Å². The van der Waals surface area contributed by atoms with E-state index < -0.39 is 0 Å². The van der Waals surface area contributed by atoms with Crippen LogP contribution in [-0.4, -0.2) is 17.0 Å². The van der Waals surface area contributed by atoms with Gasteiger partial charge in [0.15, 0.2) is 11.5 Å². The number of benzene rings is 2. The molecule has 0 amide bonds. The lowest BCUT2D eigenvalue weighted by Gasteiger charge is -2.18. The summed E-state index contributed by atoms with van der Waals surface area (Å²) in [7, 11) is 0. The second-order valence-electron chi connectivity index (χ2n) is 7.62. The number of ether oxygens (including phenoxy) is 2. The number of fused-ring (bicyclic) bond motifs is 1. The van der Waals surface area contributed by atoms with E-state index in [1.807, 2.05) is 30.3 Å². The van der Waals surface area contributed by atoms with Crippen molar-refractivity contribution in [2.45, 2.75) is 39.3 Å². The Morgan fingerprint density at radius 3 is 2.48 bits per heavy atom. The predicted octanol–water partition coefficient (Wildman–Crippen LogP) is 4.05. The molecule has 1 aliphatic heterocycles. The molecule has 1 aromatic heterocycles. The van der Waals surface area contributed by atoms with Crippen molar-refractivity contribution in [1.29, 1.82) is 0 Å². The second-order valence-corrected chi connectivity index (χ2v) is 7.62. The highest BCUT2D eigenvalue weighted by Crippen LogP contribution is 2.32. The average molecular weight is 365 g/mol. The average Bonchev–Trinajstić information content (AvgIpc) is 3.30. The third-order valence-electron chi connectivity index (χ3n) is 4.51. The molecule has 0 fully saturated rings. The molecular weight excluding hydrogens is 342 g/mol. The van der Waals surface area contributed by atoms with E-state index in [4.69, 9.17) is 13.9 Å². The predicted molar refractivity (Wildman–Crippen MR) is 102 cm³/mol. The highest BCUT2D eigenvalue weighted by atomic mass is 16.7. The number of hydrogen-bond donors (Lipinski definition) is 1. The van der Waals surface area contributed by atoms with Gasteiger partial charge in [-0.2, -0.15) is 0 Å².